The number of methoxy groups -OCH3 is 1. The Labute approximate surface area is 206 Å². The monoisotopic (exact) mass is 500 g/mol. The van der Waals surface area contributed by atoms with E-state index in [1.165, 1.54) is 30.0 Å². The van der Waals surface area contributed by atoms with Gasteiger partial charge in [-0.2, -0.15) is 11.8 Å². The number of halogens is 1. The van der Waals surface area contributed by atoms with Crippen LogP contribution in [0, 0.1) is 16.0 Å². The van der Waals surface area contributed by atoms with Crippen molar-refractivity contribution in [1.82, 2.24) is 0 Å². The number of aliphatic imine (C=N–C) groups is 1. The van der Waals surface area contributed by atoms with Gasteiger partial charge in [0.1, 0.15) is 12.6 Å². The largest absolute Gasteiger partial charge is 0.468 e. The second-order valence-electron chi connectivity index (χ2n) is 7.63. The van der Waals surface area contributed by atoms with Gasteiger partial charge >= 0.3 is 11.9 Å². The van der Waals surface area contributed by atoms with Crippen LogP contribution in [0.15, 0.2) is 70.9 Å². The molecular formula is C25H25FN2O6S. The lowest BCUT2D eigenvalue weighted by atomic mass is 9.75. The first-order valence-electron chi connectivity index (χ1n) is 10.9. The quantitative estimate of drug-likeness (QED) is 0.266. The van der Waals surface area contributed by atoms with Crippen LogP contribution in [-0.4, -0.2) is 48.7 Å². The minimum atomic E-state index is -1.27. The Morgan fingerprint density at radius 2 is 1.89 bits per heavy atom. The summed E-state index contributed by atoms with van der Waals surface area (Å²) in [7, 11) is 1.15. The van der Waals surface area contributed by atoms with Gasteiger partial charge in [-0.25, -0.2) is 9.18 Å². The highest BCUT2D eigenvalue weighted by molar-refractivity contribution is 7.98. The molecule has 3 rings (SSSR count). The van der Waals surface area contributed by atoms with Crippen molar-refractivity contribution < 1.29 is 28.4 Å². The number of rotatable bonds is 10. The summed E-state index contributed by atoms with van der Waals surface area (Å²) in [5, 5.41) is 11.4. The topological polar surface area (TPSA) is 108 Å². The van der Waals surface area contributed by atoms with E-state index < -0.39 is 35.4 Å². The number of esters is 2. The van der Waals surface area contributed by atoms with Crippen LogP contribution in [0.5, 0.6) is 0 Å². The number of carbonyl (C=O) groups is 2. The number of non-ortho nitro benzene ring substituents is 1. The Balaban J connectivity index is 2.13. The first-order chi connectivity index (χ1) is 16.9. The van der Waals surface area contributed by atoms with Gasteiger partial charge in [-0.3, -0.25) is 19.9 Å². The van der Waals surface area contributed by atoms with Crippen LogP contribution in [0.4, 0.5) is 10.1 Å². The zero-order valence-corrected chi connectivity index (χ0v) is 20.1. The molecule has 1 aliphatic rings. The van der Waals surface area contributed by atoms with E-state index in [0.717, 1.165) is 12.7 Å². The molecule has 0 amide bonds. The van der Waals surface area contributed by atoms with Gasteiger partial charge in [0, 0.05) is 29.6 Å². The molecule has 10 heteroatoms. The number of nitro groups is 1. The molecule has 0 aliphatic carbocycles. The first kappa shape index (κ1) is 26.1. The van der Waals surface area contributed by atoms with Gasteiger partial charge in [0.2, 0.25) is 0 Å². The highest BCUT2D eigenvalue weighted by Gasteiger charge is 2.44. The number of nitrogens with zero attached hydrogens (tertiary/aromatic N) is 2. The smallest absolute Gasteiger partial charge is 0.336 e. The fourth-order valence-corrected chi connectivity index (χ4v) is 4.89. The summed E-state index contributed by atoms with van der Waals surface area (Å²) in [5.41, 5.74) is 1.37. The third kappa shape index (κ3) is 6.13. The van der Waals surface area contributed by atoms with E-state index in [0.29, 0.717) is 11.3 Å². The van der Waals surface area contributed by atoms with E-state index >= 15 is 0 Å². The molecule has 184 valence electrons. The standard InChI is InChI=1S/C25H25FN2O6S/c1-3-34-25(30)23-20(15-35-14-16-8-5-4-6-9-16)27-19(13-26)22(24(29)33-2)21(23)17-10-7-11-18(12-17)28(31)32/h4-12,21-22H,3,13-15H2,1-2H3. The summed E-state index contributed by atoms with van der Waals surface area (Å²) >= 11 is 1.47. The lowest BCUT2D eigenvalue weighted by molar-refractivity contribution is -0.384. The molecule has 0 saturated heterocycles. The second kappa shape index (κ2) is 12.3. The average Bonchev–Trinajstić information content (AvgIpc) is 2.88. The van der Waals surface area contributed by atoms with Gasteiger partial charge < -0.3 is 9.47 Å². The zero-order chi connectivity index (χ0) is 25.4. The van der Waals surface area contributed by atoms with Crippen LogP contribution in [0.2, 0.25) is 0 Å². The number of thioether (sulfide) groups is 1. The fraction of sp³-hybridized carbons (Fsp3) is 0.320. The Bertz CT molecular complexity index is 1150. The molecule has 8 nitrogen and oxygen atoms in total. The number of benzene rings is 2. The molecule has 0 radical (unpaired) electrons. The normalized spacial score (nSPS) is 17.5. The molecular weight excluding hydrogens is 475 g/mol. The van der Waals surface area contributed by atoms with Crippen LogP contribution in [-0.2, 0) is 24.8 Å². The van der Waals surface area contributed by atoms with Crippen LogP contribution >= 0.6 is 11.8 Å². The summed E-state index contributed by atoms with van der Waals surface area (Å²) < 4.78 is 24.4. The Hall–Kier alpha value is -3.53. The number of nitro benzene ring substituents is 1. The first-order valence-corrected chi connectivity index (χ1v) is 12.0. The zero-order valence-electron chi connectivity index (χ0n) is 19.3. The molecule has 2 atom stereocenters. The van der Waals surface area contributed by atoms with E-state index in [1.54, 1.807) is 13.0 Å². The van der Waals surface area contributed by atoms with Crippen molar-refractivity contribution >= 4 is 35.1 Å². The van der Waals surface area contributed by atoms with E-state index in [4.69, 9.17) is 9.47 Å². The van der Waals surface area contributed by atoms with Crippen molar-refractivity contribution in [3.8, 4) is 0 Å². The van der Waals surface area contributed by atoms with Gasteiger partial charge in [0.15, 0.2) is 0 Å². The Morgan fingerprint density at radius 1 is 1.14 bits per heavy atom. The molecule has 2 unspecified atom stereocenters. The molecule has 0 spiro atoms. The maximum atomic E-state index is 14.2. The lowest BCUT2D eigenvalue weighted by Crippen LogP contribution is -2.38. The van der Waals surface area contributed by atoms with Crippen LogP contribution in [0.1, 0.15) is 24.0 Å². The molecule has 2 aromatic carbocycles. The molecule has 2 aromatic rings. The summed E-state index contributed by atoms with van der Waals surface area (Å²) in [6, 6.07) is 15.2. The minimum absolute atomic E-state index is 0.0665. The van der Waals surface area contributed by atoms with Crippen molar-refractivity contribution in [3.05, 3.63) is 87.1 Å². The number of hydrogen-bond acceptors (Lipinski definition) is 8. The van der Waals surface area contributed by atoms with Gasteiger partial charge in [0.25, 0.3) is 5.69 Å². The summed E-state index contributed by atoms with van der Waals surface area (Å²) in [6.07, 6.45) is 0. The van der Waals surface area contributed by atoms with E-state index in [1.807, 2.05) is 30.3 Å². The maximum Gasteiger partial charge on any atom is 0.336 e. The van der Waals surface area contributed by atoms with E-state index in [-0.39, 0.29) is 35.0 Å². The van der Waals surface area contributed by atoms with Gasteiger partial charge in [-0.1, -0.05) is 42.5 Å². The lowest BCUT2D eigenvalue weighted by Gasteiger charge is -2.32. The molecule has 1 aliphatic heterocycles. The molecule has 35 heavy (non-hydrogen) atoms. The van der Waals surface area contributed by atoms with E-state index in [2.05, 4.69) is 4.99 Å². The minimum Gasteiger partial charge on any atom is -0.468 e. The van der Waals surface area contributed by atoms with Crippen LogP contribution in [0.25, 0.3) is 0 Å². The number of carbonyl (C=O) groups excluding carboxylic acids is 2. The maximum absolute atomic E-state index is 14.2. The summed E-state index contributed by atoms with van der Waals surface area (Å²) in [4.78, 5) is 41.1. The van der Waals surface area contributed by atoms with Gasteiger partial charge in [0.05, 0.1) is 35.6 Å². The fourth-order valence-electron chi connectivity index (χ4n) is 3.95. The molecule has 0 aromatic heterocycles. The van der Waals surface area contributed by atoms with Crippen molar-refractivity contribution in [2.45, 2.75) is 18.6 Å². The predicted molar refractivity (Wildman–Crippen MR) is 131 cm³/mol. The van der Waals surface area contributed by atoms with Crippen molar-refractivity contribution in [3.63, 3.8) is 0 Å². The highest BCUT2D eigenvalue weighted by Crippen LogP contribution is 2.42. The third-order valence-electron chi connectivity index (χ3n) is 5.47. The van der Waals surface area contributed by atoms with Crippen molar-refractivity contribution in [1.29, 1.82) is 0 Å². The Kier molecular flexibility index (Phi) is 9.13. The molecule has 1 heterocycles. The van der Waals surface area contributed by atoms with Crippen molar-refractivity contribution in [2.24, 2.45) is 10.9 Å². The van der Waals surface area contributed by atoms with Crippen LogP contribution in [0.3, 0.4) is 0 Å². The van der Waals surface area contributed by atoms with Crippen molar-refractivity contribution in [2.75, 3.05) is 26.1 Å². The number of hydrogen-bond donors (Lipinski definition) is 0. The third-order valence-corrected chi connectivity index (χ3v) is 6.49. The molecule has 0 fully saturated rings. The highest BCUT2D eigenvalue weighted by atomic mass is 32.2. The van der Waals surface area contributed by atoms with Crippen LogP contribution < -0.4 is 0 Å². The molecule has 0 saturated carbocycles. The van der Waals surface area contributed by atoms with E-state index in [9.17, 15) is 24.1 Å². The summed E-state index contributed by atoms with van der Waals surface area (Å²) in [6.45, 7) is 0.659. The summed E-state index contributed by atoms with van der Waals surface area (Å²) in [5.74, 6) is -2.98. The SMILES string of the molecule is CCOC(=O)C1=C(CSCc2ccccc2)N=C(CF)C(C(=O)OC)C1c1cccc([N+](=O)[O-])c1. The Morgan fingerprint density at radius 3 is 2.51 bits per heavy atom. The molecule has 0 N–H and O–H groups in total. The number of alkyl halides is 1. The second-order valence-corrected chi connectivity index (χ2v) is 8.61. The molecule has 0 bridgehead atoms. The van der Waals surface area contributed by atoms with Gasteiger partial charge in [-0.05, 0) is 18.1 Å². The average molecular weight is 501 g/mol. The predicted octanol–water partition coefficient (Wildman–Crippen LogP) is 4.64. The van der Waals surface area contributed by atoms with Gasteiger partial charge in [-0.15, -0.1) is 0 Å². The number of ether oxygens (including phenoxy) is 2.